The Hall–Kier alpha value is -6.20. The molecular formula is C36H32F3N8O3+. The lowest BCUT2D eigenvalue weighted by atomic mass is 10.1. The zero-order valence-electron chi connectivity index (χ0n) is 27.3. The molecule has 2 atom stereocenters. The van der Waals surface area contributed by atoms with E-state index in [-0.39, 0.29) is 22.8 Å². The molecule has 3 aromatic carbocycles. The Labute approximate surface area is 284 Å². The SMILES string of the molecule is CC(NC(=O)c1c(-c2ccnn2-c2ccc(C#N)cc2)n(C)n(-c2cccc(C(F)(F)F)c2)c1=O)c1ncc(C[NH+](C)Cc2ccccc2)o1. The van der Waals surface area contributed by atoms with Gasteiger partial charge in [0.25, 0.3) is 11.5 Å². The van der Waals surface area contributed by atoms with Gasteiger partial charge in [0, 0.05) is 12.6 Å². The summed E-state index contributed by atoms with van der Waals surface area (Å²) in [5.41, 5.74) is 0.282. The third kappa shape index (κ3) is 6.85. The molecular weight excluding hydrogens is 649 g/mol. The predicted octanol–water partition coefficient (Wildman–Crippen LogP) is 4.61. The van der Waals surface area contributed by atoms with Crippen molar-refractivity contribution >= 4 is 5.91 Å². The van der Waals surface area contributed by atoms with Crippen LogP contribution in [0, 0.1) is 11.3 Å². The number of benzene rings is 3. The lowest BCUT2D eigenvalue weighted by molar-refractivity contribution is -0.908. The molecule has 0 saturated heterocycles. The summed E-state index contributed by atoms with van der Waals surface area (Å²) in [4.78, 5) is 33.7. The smallest absolute Gasteiger partial charge is 0.416 e. The number of hydrogen-bond donors (Lipinski definition) is 2. The maximum absolute atomic E-state index is 14.1. The van der Waals surface area contributed by atoms with Crippen LogP contribution in [0.3, 0.4) is 0 Å². The fraction of sp³-hybridized carbons (Fsp3) is 0.194. The van der Waals surface area contributed by atoms with E-state index in [9.17, 15) is 28.0 Å². The molecule has 14 heteroatoms. The van der Waals surface area contributed by atoms with E-state index < -0.39 is 29.2 Å². The minimum atomic E-state index is -4.66. The predicted molar refractivity (Wildman–Crippen MR) is 176 cm³/mol. The number of oxazole rings is 1. The molecule has 0 radical (unpaired) electrons. The van der Waals surface area contributed by atoms with Gasteiger partial charge in [-0.05, 0) is 55.5 Å². The molecule has 254 valence electrons. The van der Waals surface area contributed by atoms with Crippen molar-refractivity contribution in [3.05, 3.63) is 142 Å². The van der Waals surface area contributed by atoms with Gasteiger partial charge in [0.2, 0.25) is 5.89 Å². The van der Waals surface area contributed by atoms with E-state index in [1.54, 1.807) is 43.5 Å². The van der Waals surface area contributed by atoms with E-state index in [0.717, 1.165) is 28.3 Å². The van der Waals surface area contributed by atoms with Crippen LogP contribution in [0.5, 0.6) is 0 Å². The van der Waals surface area contributed by atoms with E-state index >= 15 is 0 Å². The molecule has 1 amide bonds. The summed E-state index contributed by atoms with van der Waals surface area (Å²) in [6.45, 7) is 2.95. The van der Waals surface area contributed by atoms with Gasteiger partial charge in [-0.3, -0.25) is 14.3 Å². The Morgan fingerprint density at radius 1 is 1.02 bits per heavy atom. The van der Waals surface area contributed by atoms with Crippen LogP contribution in [-0.4, -0.2) is 37.1 Å². The number of rotatable bonds is 10. The number of halogens is 3. The Balaban J connectivity index is 1.36. The second-order valence-corrected chi connectivity index (χ2v) is 11.9. The van der Waals surface area contributed by atoms with E-state index in [4.69, 9.17) is 4.42 Å². The van der Waals surface area contributed by atoms with E-state index in [1.165, 1.54) is 40.3 Å². The van der Waals surface area contributed by atoms with Crippen LogP contribution >= 0.6 is 0 Å². The van der Waals surface area contributed by atoms with Crippen LogP contribution in [0.2, 0.25) is 0 Å². The van der Waals surface area contributed by atoms with Crippen molar-refractivity contribution in [2.24, 2.45) is 7.05 Å². The van der Waals surface area contributed by atoms with Gasteiger partial charge in [-0.25, -0.2) is 14.3 Å². The molecule has 11 nitrogen and oxygen atoms in total. The van der Waals surface area contributed by atoms with Gasteiger partial charge in [-0.1, -0.05) is 36.4 Å². The zero-order valence-corrected chi connectivity index (χ0v) is 27.3. The summed E-state index contributed by atoms with van der Waals surface area (Å²) in [5.74, 6) is 0.0327. The summed E-state index contributed by atoms with van der Waals surface area (Å²) in [7, 11) is 3.50. The van der Waals surface area contributed by atoms with Crippen molar-refractivity contribution in [1.82, 2.24) is 29.4 Å². The molecule has 0 spiro atoms. The molecule has 50 heavy (non-hydrogen) atoms. The third-order valence-corrected chi connectivity index (χ3v) is 8.15. The first-order valence-electron chi connectivity index (χ1n) is 15.6. The number of quaternary nitrogens is 1. The lowest BCUT2D eigenvalue weighted by Crippen LogP contribution is -3.06. The number of amides is 1. The van der Waals surface area contributed by atoms with Crippen molar-refractivity contribution in [1.29, 1.82) is 5.26 Å². The van der Waals surface area contributed by atoms with Gasteiger partial charge in [-0.15, -0.1) is 0 Å². The molecule has 6 aromatic rings. The number of aromatic nitrogens is 5. The summed E-state index contributed by atoms with van der Waals surface area (Å²) >= 11 is 0. The van der Waals surface area contributed by atoms with Crippen LogP contribution in [0.4, 0.5) is 13.2 Å². The van der Waals surface area contributed by atoms with Gasteiger partial charge in [-0.2, -0.15) is 23.5 Å². The second kappa shape index (κ2) is 13.7. The van der Waals surface area contributed by atoms with Crippen molar-refractivity contribution in [2.45, 2.75) is 32.2 Å². The maximum atomic E-state index is 14.1. The average Bonchev–Trinajstić information content (AvgIpc) is 3.83. The summed E-state index contributed by atoms with van der Waals surface area (Å²) in [5, 5.41) is 16.4. The number of nitrogens with one attached hydrogen (secondary N) is 2. The highest BCUT2D eigenvalue weighted by Gasteiger charge is 2.33. The number of nitriles is 1. The van der Waals surface area contributed by atoms with E-state index in [2.05, 4.69) is 15.4 Å². The largest absolute Gasteiger partial charge is 0.437 e. The number of alkyl halides is 3. The van der Waals surface area contributed by atoms with Crippen molar-refractivity contribution in [3.63, 3.8) is 0 Å². The highest BCUT2D eigenvalue weighted by Crippen LogP contribution is 2.31. The molecule has 0 saturated carbocycles. The van der Waals surface area contributed by atoms with Crippen LogP contribution in [0.1, 0.15) is 51.7 Å². The van der Waals surface area contributed by atoms with E-state index in [0.29, 0.717) is 29.2 Å². The van der Waals surface area contributed by atoms with Crippen molar-refractivity contribution in [3.8, 4) is 28.8 Å². The van der Waals surface area contributed by atoms with Gasteiger partial charge < -0.3 is 14.6 Å². The van der Waals surface area contributed by atoms with Crippen LogP contribution in [0.25, 0.3) is 22.8 Å². The lowest BCUT2D eigenvalue weighted by Gasteiger charge is -2.14. The van der Waals surface area contributed by atoms with Crippen LogP contribution in [0.15, 0.2) is 107 Å². The molecule has 0 aliphatic carbocycles. The molecule has 2 N–H and O–H groups in total. The Morgan fingerprint density at radius 3 is 2.46 bits per heavy atom. The zero-order chi connectivity index (χ0) is 35.6. The van der Waals surface area contributed by atoms with Crippen LogP contribution < -0.4 is 15.8 Å². The maximum Gasteiger partial charge on any atom is 0.416 e. The Kier molecular flexibility index (Phi) is 9.25. The first-order chi connectivity index (χ1) is 23.9. The minimum Gasteiger partial charge on any atom is -0.437 e. The number of nitrogens with zero attached hydrogens (tertiary/aromatic N) is 6. The summed E-state index contributed by atoms with van der Waals surface area (Å²) in [6.07, 6.45) is -1.60. The fourth-order valence-corrected chi connectivity index (χ4v) is 5.81. The van der Waals surface area contributed by atoms with Crippen molar-refractivity contribution in [2.75, 3.05) is 7.05 Å². The Bertz CT molecular complexity index is 2240. The molecule has 0 aliphatic rings. The molecule has 0 bridgehead atoms. The molecule has 6 rings (SSSR count). The number of hydrogen-bond acceptors (Lipinski definition) is 6. The quantitative estimate of drug-likeness (QED) is 0.218. The van der Waals surface area contributed by atoms with Gasteiger partial charge in [0.05, 0.1) is 53.7 Å². The standard InChI is InChI=1S/C36H31F3N8O3/c1-23(34-41-20-29(50-34)22-44(2)21-25-8-5-4-6-9-25)43-33(48)31-32(30-16-17-42-46(30)27-14-12-24(19-40)13-15-27)45(3)47(35(31)49)28-11-7-10-26(18-28)36(37,38)39/h4-18,20,23H,21-22H2,1-3H3,(H,43,48)/p+1. The fourth-order valence-electron chi connectivity index (χ4n) is 5.81. The highest BCUT2D eigenvalue weighted by molar-refractivity contribution is 6.00. The second-order valence-electron chi connectivity index (χ2n) is 11.9. The minimum absolute atomic E-state index is 0.0930. The number of carbonyl (C=O) groups excluding carboxylic acids is 1. The van der Waals surface area contributed by atoms with E-state index in [1.807, 2.05) is 43.4 Å². The first-order valence-corrected chi connectivity index (χ1v) is 15.6. The number of carbonyl (C=O) groups is 1. The third-order valence-electron chi connectivity index (χ3n) is 8.15. The normalized spacial score (nSPS) is 12.7. The molecule has 2 unspecified atom stereocenters. The monoisotopic (exact) mass is 681 g/mol. The average molecular weight is 682 g/mol. The Morgan fingerprint density at radius 2 is 1.76 bits per heavy atom. The van der Waals surface area contributed by atoms with Crippen molar-refractivity contribution < 1.29 is 27.3 Å². The molecule has 3 heterocycles. The van der Waals surface area contributed by atoms with Gasteiger partial charge in [0.15, 0.2) is 5.76 Å². The molecule has 0 aliphatic heterocycles. The van der Waals surface area contributed by atoms with Gasteiger partial charge in [0.1, 0.15) is 30.4 Å². The van der Waals surface area contributed by atoms with Crippen LogP contribution in [-0.2, 0) is 26.3 Å². The molecule has 0 fully saturated rings. The molecule has 3 aromatic heterocycles. The van der Waals surface area contributed by atoms with Gasteiger partial charge >= 0.3 is 6.18 Å². The topological polar surface area (TPSA) is 128 Å². The summed E-state index contributed by atoms with van der Waals surface area (Å²) < 4.78 is 50.8. The highest BCUT2D eigenvalue weighted by atomic mass is 19.4. The summed E-state index contributed by atoms with van der Waals surface area (Å²) in [6, 6.07) is 23.6. The first kappa shape index (κ1) is 33.7.